The molecular formula is C13H18FN3O. The van der Waals surface area contributed by atoms with Gasteiger partial charge in [-0.2, -0.15) is 0 Å². The predicted molar refractivity (Wildman–Crippen MR) is 67.9 cm³/mol. The smallest absolute Gasteiger partial charge is 0.128 e. The molecule has 0 spiro atoms. The van der Waals surface area contributed by atoms with E-state index in [9.17, 15) is 4.39 Å². The van der Waals surface area contributed by atoms with Crippen LogP contribution in [-0.4, -0.2) is 35.0 Å². The fraction of sp³-hybridized carbons (Fsp3) is 0.462. The first-order valence-electron chi connectivity index (χ1n) is 6.09. The van der Waals surface area contributed by atoms with Crippen LogP contribution >= 0.6 is 0 Å². The number of hydrogen-bond donors (Lipinski definition) is 3. The molecule has 4 N–H and O–H groups in total. The normalized spacial score (nSPS) is 15.1. The molecule has 0 aromatic heterocycles. The summed E-state index contributed by atoms with van der Waals surface area (Å²) in [6, 6.07) is 5.09. The maximum Gasteiger partial charge on any atom is 0.128 e. The van der Waals surface area contributed by atoms with Crippen molar-refractivity contribution in [1.29, 1.82) is 5.41 Å². The average molecular weight is 251 g/mol. The van der Waals surface area contributed by atoms with Crippen LogP contribution in [0.4, 0.5) is 4.39 Å². The molecule has 1 aliphatic rings. The van der Waals surface area contributed by atoms with E-state index < -0.39 is 0 Å². The van der Waals surface area contributed by atoms with Gasteiger partial charge in [-0.05, 0) is 18.9 Å². The van der Waals surface area contributed by atoms with E-state index in [4.69, 9.17) is 16.2 Å². The molecule has 4 nitrogen and oxygen atoms in total. The van der Waals surface area contributed by atoms with Gasteiger partial charge in [0.25, 0.3) is 0 Å². The number of benzene rings is 1. The molecule has 5 heteroatoms. The molecular weight excluding hydrogens is 233 g/mol. The maximum atomic E-state index is 13.9. The van der Waals surface area contributed by atoms with Crippen LogP contribution in [0.1, 0.15) is 24.0 Å². The van der Waals surface area contributed by atoms with Gasteiger partial charge in [0.2, 0.25) is 0 Å². The summed E-state index contributed by atoms with van der Waals surface area (Å²) in [6.07, 6.45) is 2.24. The molecule has 0 unspecified atom stereocenters. The Morgan fingerprint density at radius 3 is 2.72 bits per heavy atom. The van der Waals surface area contributed by atoms with Gasteiger partial charge in [0, 0.05) is 30.3 Å². The van der Waals surface area contributed by atoms with Gasteiger partial charge in [-0.1, -0.05) is 12.1 Å². The number of aliphatic hydroxyl groups is 1. The first-order chi connectivity index (χ1) is 8.61. The van der Waals surface area contributed by atoms with Crippen molar-refractivity contribution < 1.29 is 9.50 Å². The van der Waals surface area contributed by atoms with Crippen LogP contribution < -0.4 is 5.73 Å². The number of nitrogens with zero attached hydrogens (tertiary/aromatic N) is 1. The van der Waals surface area contributed by atoms with Crippen molar-refractivity contribution in [3.63, 3.8) is 0 Å². The lowest BCUT2D eigenvalue weighted by Gasteiger charge is -2.21. The van der Waals surface area contributed by atoms with E-state index in [1.54, 1.807) is 12.1 Å². The second-order valence-corrected chi connectivity index (χ2v) is 4.65. The Morgan fingerprint density at radius 2 is 2.22 bits per heavy atom. The zero-order chi connectivity index (χ0) is 13.1. The zero-order valence-corrected chi connectivity index (χ0v) is 10.2. The molecule has 0 radical (unpaired) electrons. The molecule has 1 aliphatic carbocycles. The fourth-order valence-corrected chi connectivity index (χ4v) is 2.02. The lowest BCUT2D eigenvalue weighted by atomic mass is 10.1. The van der Waals surface area contributed by atoms with Gasteiger partial charge in [0.15, 0.2) is 0 Å². The average Bonchev–Trinajstić information content (AvgIpc) is 3.14. The highest BCUT2D eigenvalue weighted by Gasteiger charge is 2.28. The monoisotopic (exact) mass is 251 g/mol. The molecule has 0 aliphatic heterocycles. The summed E-state index contributed by atoms with van der Waals surface area (Å²) in [5, 5.41) is 16.3. The maximum absolute atomic E-state index is 13.9. The van der Waals surface area contributed by atoms with Crippen LogP contribution in [0.15, 0.2) is 18.2 Å². The summed E-state index contributed by atoms with van der Waals surface area (Å²) in [5.74, 6) is -0.471. The molecule has 0 amide bonds. The Hall–Kier alpha value is -1.46. The third-order valence-electron chi connectivity index (χ3n) is 3.19. The van der Waals surface area contributed by atoms with Crippen LogP contribution in [0.3, 0.4) is 0 Å². The molecule has 0 atom stereocenters. The van der Waals surface area contributed by atoms with Crippen molar-refractivity contribution in [2.24, 2.45) is 5.73 Å². The van der Waals surface area contributed by atoms with Crippen molar-refractivity contribution in [2.45, 2.75) is 25.4 Å². The zero-order valence-electron chi connectivity index (χ0n) is 10.2. The van der Waals surface area contributed by atoms with Crippen molar-refractivity contribution in [1.82, 2.24) is 4.90 Å². The predicted octanol–water partition coefficient (Wildman–Crippen LogP) is 1.07. The third kappa shape index (κ3) is 3.05. The number of aliphatic hydroxyl groups excluding tert-OH is 1. The lowest BCUT2D eigenvalue weighted by molar-refractivity contribution is 0.182. The van der Waals surface area contributed by atoms with E-state index in [-0.39, 0.29) is 18.3 Å². The minimum absolute atomic E-state index is 0.0870. The minimum atomic E-state index is -0.341. The van der Waals surface area contributed by atoms with E-state index in [1.807, 2.05) is 0 Å². The van der Waals surface area contributed by atoms with E-state index >= 15 is 0 Å². The van der Waals surface area contributed by atoms with Gasteiger partial charge >= 0.3 is 0 Å². The highest BCUT2D eigenvalue weighted by Crippen LogP contribution is 2.28. The Kier molecular flexibility index (Phi) is 3.93. The van der Waals surface area contributed by atoms with Crippen molar-refractivity contribution >= 4 is 5.84 Å². The molecule has 0 heterocycles. The van der Waals surface area contributed by atoms with Crippen LogP contribution in [0, 0.1) is 11.2 Å². The summed E-state index contributed by atoms with van der Waals surface area (Å²) in [5.41, 5.74) is 6.30. The number of halogens is 1. The summed E-state index contributed by atoms with van der Waals surface area (Å²) in [4.78, 5) is 2.09. The third-order valence-corrected chi connectivity index (χ3v) is 3.19. The van der Waals surface area contributed by atoms with Crippen LogP contribution in [0.5, 0.6) is 0 Å². The molecule has 2 rings (SSSR count). The first-order valence-corrected chi connectivity index (χ1v) is 6.09. The molecule has 1 fully saturated rings. The SMILES string of the molecule is N=C(N)c1ccc(CN(CCO)C2CC2)c(F)c1. The second-order valence-electron chi connectivity index (χ2n) is 4.65. The summed E-state index contributed by atoms with van der Waals surface area (Å²) in [7, 11) is 0. The number of nitrogens with one attached hydrogen (secondary N) is 1. The summed E-state index contributed by atoms with van der Waals surface area (Å²) in [6.45, 7) is 1.15. The second kappa shape index (κ2) is 5.46. The fourth-order valence-electron chi connectivity index (χ4n) is 2.02. The number of amidine groups is 1. The minimum Gasteiger partial charge on any atom is -0.395 e. The standard InChI is InChI=1S/C13H18FN3O/c14-12-7-9(13(15)16)1-2-10(12)8-17(5-6-18)11-3-4-11/h1-2,7,11,18H,3-6,8H2,(H3,15,16). The van der Waals surface area contributed by atoms with E-state index in [0.29, 0.717) is 30.3 Å². The van der Waals surface area contributed by atoms with Crippen molar-refractivity contribution in [3.05, 3.63) is 35.1 Å². The Labute approximate surface area is 106 Å². The molecule has 98 valence electrons. The van der Waals surface area contributed by atoms with Crippen LogP contribution in [0.25, 0.3) is 0 Å². The van der Waals surface area contributed by atoms with Gasteiger partial charge < -0.3 is 10.8 Å². The van der Waals surface area contributed by atoms with Gasteiger partial charge in [0.05, 0.1) is 6.61 Å². The lowest BCUT2D eigenvalue weighted by Crippen LogP contribution is -2.29. The first kappa shape index (κ1) is 13.0. The highest BCUT2D eigenvalue weighted by atomic mass is 19.1. The molecule has 1 aromatic carbocycles. The van der Waals surface area contributed by atoms with Gasteiger partial charge in [-0.15, -0.1) is 0 Å². The summed E-state index contributed by atoms with van der Waals surface area (Å²) >= 11 is 0. The van der Waals surface area contributed by atoms with Gasteiger partial charge in [-0.25, -0.2) is 4.39 Å². The molecule has 0 saturated heterocycles. The molecule has 1 aromatic rings. The number of nitrogens with two attached hydrogens (primary N) is 1. The van der Waals surface area contributed by atoms with Crippen molar-refractivity contribution in [3.8, 4) is 0 Å². The van der Waals surface area contributed by atoms with Gasteiger partial charge in [0.1, 0.15) is 11.7 Å². The molecule has 1 saturated carbocycles. The van der Waals surface area contributed by atoms with Crippen LogP contribution in [0.2, 0.25) is 0 Å². The van der Waals surface area contributed by atoms with E-state index in [2.05, 4.69) is 4.90 Å². The highest BCUT2D eigenvalue weighted by molar-refractivity contribution is 5.94. The van der Waals surface area contributed by atoms with E-state index in [1.165, 1.54) is 6.07 Å². The number of hydrogen-bond acceptors (Lipinski definition) is 3. The van der Waals surface area contributed by atoms with Crippen molar-refractivity contribution in [2.75, 3.05) is 13.2 Å². The number of nitrogen functional groups attached to an aromatic ring is 1. The Bertz CT molecular complexity index is 446. The number of rotatable bonds is 6. The van der Waals surface area contributed by atoms with Gasteiger partial charge in [-0.3, -0.25) is 10.3 Å². The Morgan fingerprint density at radius 1 is 1.50 bits per heavy atom. The quantitative estimate of drug-likeness (QED) is 0.523. The topological polar surface area (TPSA) is 73.3 Å². The molecule has 18 heavy (non-hydrogen) atoms. The Balaban J connectivity index is 2.10. The van der Waals surface area contributed by atoms with Crippen LogP contribution in [-0.2, 0) is 6.54 Å². The van der Waals surface area contributed by atoms with E-state index in [0.717, 1.165) is 12.8 Å². The summed E-state index contributed by atoms with van der Waals surface area (Å²) < 4.78 is 13.9. The molecule has 0 bridgehead atoms. The largest absolute Gasteiger partial charge is 0.395 e.